The summed E-state index contributed by atoms with van der Waals surface area (Å²) in [7, 11) is 3.30. The average molecular weight is 698 g/mol. The first-order valence-corrected chi connectivity index (χ1v) is 17.2. The molecule has 45 heavy (non-hydrogen) atoms. The molecule has 0 fully saturated rings. The number of hydrogen-bond donors (Lipinski definition) is 0. The highest BCUT2D eigenvalue weighted by Crippen LogP contribution is 2.40. The smallest absolute Gasteiger partial charge is 0.173 e. The molecule has 0 aliphatic carbocycles. The number of rotatable bonds is 13. The predicted octanol–water partition coefficient (Wildman–Crippen LogP) is 8.24. The van der Waals surface area contributed by atoms with Gasteiger partial charge in [-0.15, -0.1) is 6.54 Å². The molecule has 13 heteroatoms. The Labute approximate surface area is 278 Å². The molecule has 0 bridgehead atoms. The van der Waals surface area contributed by atoms with Crippen LogP contribution in [0, 0.1) is 11.6 Å². The minimum absolute atomic E-state index is 0.0527. The van der Waals surface area contributed by atoms with Crippen LogP contribution in [0.1, 0.15) is 37.1 Å². The molecule has 4 rings (SSSR count). The van der Waals surface area contributed by atoms with Crippen molar-refractivity contribution in [2.45, 2.75) is 41.5 Å². The van der Waals surface area contributed by atoms with Gasteiger partial charge in [0.05, 0.1) is 56.6 Å². The van der Waals surface area contributed by atoms with Crippen LogP contribution in [0.25, 0.3) is 10.4 Å². The number of quaternary nitrogens is 1. The first kappa shape index (κ1) is 35.2. The van der Waals surface area contributed by atoms with Crippen molar-refractivity contribution in [3.05, 3.63) is 104 Å². The number of benzene rings is 3. The van der Waals surface area contributed by atoms with Gasteiger partial charge in [-0.1, -0.05) is 54.9 Å². The maximum atomic E-state index is 14.9. The second-order valence-electron chi connectivity index (χ2n) is 12.1. The summed E-state index contributed by atoms with van der Waals surface area (Å²) in [5.41, 5.74) is 2.16. The molecular formula is C32H36Cl2F2N4O3S2. The van der Waals surface area contributed by atoms with Crippen LogP contribution in [0.15, 0.2) is 70.8 Å². The molecule has 0 unspecified atom stereocenters. The van der Waals surface area contributed by atoms with Crippen molar-refractivity contribution in [3.63, 3.8) is 0 Å². The van der Waals surface area contributed by atoms with E-state index >= 15 is 0 Å². The number of aromatic nitrogens is 2. The number of methoxy groups -OCH3 is 1. The minimum Gasteiger partial charge on any atom is -0.544 e. The molecule has 0 saturated carbocycles. The van der Waals surface area contributed by atoms with Crippen LogP contribution >= 0.6 is 35.0 Å². The molecule has 0 aliphatic rings. The van der Waals surface area contributed by atoms with E-state index in [1.165, 1.54) is 30.0 Å². The maximum Gasteiger partial charge on any atom is 0.173 e. The van der Waals surface area contributed by atoms with Gasteiger partial charge in [-0.05, 0) is 66.1 Å². The Bertz CT molecular complexity index is 1770. The fourth-order valence-electron chi connectivity index (χ4n) is 4.73. The topological polar surface area (TPSA) is 75.3 Å². The largest absolute Gasteiger partial charge is 0.544 e. The van der Waals surface area contributed by atoms with E-state index < -0.39 is 26.2 Å². The van der Waals surface area contributed by atoms with Crippen molar-refractivity contribution in [2.24, 2.45) is 0 Å². The molecule has 0 radical (unpaired) electrons. The molecule has 0 aliphatic heterocycles. The molecule has 1 heterocycles. The fourth-order valence-corrected chi connectivity index (χ4v) is 7.31. The average Bonchev–Trinajstić information content (AvgIpc) is 3.39. The lowest BCUT2D eigenvalue weighted by molar-refractivity contribution is -0.870. The molecule has 0 saturated heterocycles. The molecule has 3 aromatic carbocycles. The second-order valence-corrected chi connectivity index (χ2v) is 15.5. The number of thioether (sulfide) groups is 1. The van der Waals surface area contributed by atoms with Crippen LogP contribution in [0.4, 0.5) is 8.78 Å². The normalized spacial score (nSPS) is 12.5. The monoisotopic (exact) mass is 696 g/mol. The molecule has 0 atom stereocenters. The van der Waals surface area contributed by atoms with Crippen LogP contribution < -0.4 is 4.74 Å². The zero-order valence-corrected chi connectivity index (χ0v) is 29.1. The van der Waals surface area contributed by atoms with Gasteiger partial charge in [0.2, 0.25) is 0 Å². The third-order valence-electron chi connectivity index (χ3n) is 7.31. The Morgan fingerprint density at radius 3 is 2.36 bits per heavy atom. The number of hydrogen-bond acceptors (Lipinski definition) is 5. The summed E-state index contributed by atoms with van der Waals surface area (Å²) in [6.45, 7) is 4.82. The highest BCUT2D eigenvalue weighted by Gasteiger charge is 2.30. The zero-order chi connectivity index (χ0) is 33.2. The molecule has 7 nitrogen and oxygen atoms in total. The van der Waals surface area contributed by atoms with Crippen LogP contribution in [-0.4, -0.2) is 63.8 Å². The lowest BCUT2D eigenvalue weighted by atomic mass is 9.81. The number of halogens is 4. The van der Waals surface area contributed by atoms with E-state index in [2.05, 4.69) is 9.71 Å². The summed E-state index contributed by atoms with van der Waals surface area (Å²) in [5, 5.41) is 1.10. The maximum absolute atomic E-state index is 14.9. The van der Waals surface area contributed by atoms with Gasteiger partial charge in [0.1, 0.15) is 27.4 Å². The predicted molar refractivity (Wildman–Crippen MR) is 178 cm³/mol. The van der Waals surface area contributed by atoms with Crippen molar-refractivity contribution >= 4 is 45.0 Å². The number of ether oxygens (including phenoxy) is 1. The Balaban J connectivity index is 1.67. The van der Waals surface area contributed by atoms with E-state index in [0.717, 1.165) is 23.9 Å². The molecule has 242 valence electrons. The van der Waals surface area contributed by atoms with Crippen LogP contribution in [0.3, 0.4) is 0 Å². The van der Waals surface area contributed by atoms with Crippen LogP contribution in [0.2, 0.25) is 10.0 Å². The van der Waals surface area contributed by atoms with Gasteiger partial charge in [-0.3, -0.25) is 4.57 Å². The van der Waals surface area contributed by atoms with Gasteiger partial charge in [0, 0.05) is 21.9 Å². The Morgan fingerprint density at radius 1 is 1.02 bits per heavy atom. The van der Waals surface area contributed by atoms with Gasteiger partial charge >= 0.3 is 0 Å². The van der Waals surface area contributed by atoms with Crippen molar-refractivity contribution in [3.8, 4) is 11.4 Å². The second kappa shape index (κ2) is 14.0. The molecule has 4 aromatic rings. The molecule has 0 spiro atoms. The number of imidazole rings is 1. The van der Waals surface area contributed by atoms with Crippen molar-refractivity contribution in [2.75, 3.05) is 41.3 Å². The summed E-state index contributed by atoms with van der Waals surface area (Å²) in [6, 6.07) is 13.8. The first-order valence-electron chi connectivity index (χ1n) is 14.1. The van der Waals surface area contributed by atoms with Gasteiger partial charge in [0.15, 0.2) is 5.16 Å². The Kier molecular flexibility index (Phi) is 10.9. The molecule has 1 aromatic heterocycles. The van der Waals surface area contributed by atoms with Crippen molar-refractivity contribution in [1.82, 2.24) is 9.55 Å². The van der Waals surface area contributed by atoms with E-state index in [9.17, 15) is 17.2 Å². The summed E-state index contributed by atoms with van der Waals surface area (Å²) >= 11 is 14.0. The van der Waals surface area contributed by atoms with Crippen molar-refractivity contribution < 1.29 is 26.4 Å². The van der Waals surface area contributed by atoms with Crippen LogP contribution in [0.5, 0.6) is 5.75 Å². The van der Waals surface area contributed by atoms with E-state index in [1.807, 2.05) is 51.7 Å². The third-order valence-corrected chi connectivity index (χ3v) is 10.4. The Morgan fingerprint density at radius 2 is 1.71 bits per heavy atom. The van der Waals surface area contributed by atoms with E-state index in [-0.39, 0.29) is 23.1 Å². The highest BCUT2D eigenvalue weighted by atomic mass is 35.5. The quantitative estimate of drug-likeness (QED) is 0.0800. The summed E-state index contributed by atoms with van der Waals surface area (Å²) in [6.07, 6.45) is 2.28. The Hall–Kier alpha value is -2.67. The standard InChI is InChI=1S/C32H36Cl2F2N4O3S2/c1-32(2,22-8-13-25(33)28(17-22)43-6)30-19-37-31(39(30)24-11-9-23(35)10-12-24)44-20-21-16-29(27(36)18-26(21)34)45(41,42)38-14-7-15-40(3,4)5/h8-13,16-19H,7,14-15,20H2,1-6H3. The van der Waals surface area contributed by atoms with Crippen molar-refractivity contribution in [1.29, 1.82) is 0 Å². The van der Waals surface area contributed by atoms with E-state index in [1.54, 1.807) is 31.5 Å². The fraction of sp³-hybridized carbons (Fsp3) is 0.344. The summed E-state index contributed by atoms with van der Waals surface area (Å²) in [4.78, 5) is 4.17. The minimum atomic E-state index is -4.24. The van der Waals surface area contributed by atoms with E-state index in [4.69, 9.17) is 27.9 Å². The van der Waals surface area contributed by atoms with Gasteiger partial charge < -0.3 is 13.9 Å². The SMILES string of the molecule is COc1cc(C(C)(C)c2cnc(SCc3cc(S(=O)(=O)[N-]CCC[N+](C)(C)C)c(F)cc3Cl)n2-c2ccc(F)cc2)ccc1Cl. The third kappa shape index (κ3) is 8.38. The molecular weight excluding hydrogens is 661 g/mol. The number of nitrogens with zero attached hydrogens (tertiary/aromatic N) is 4. The number of sulfonamides is 1. The molecule has 0 amide bonds. The van der Waals surface area contributed by atoms with Gasteiger partial charge in [-0.2, -0.15) is 0 Å². The lowest BCUT2D eigenvalue weighted by Crippen LogP contribution is -2.35. The summed E-state index contributed by atoms with van der Waals surface area (Å²) < 4.78 is 66.6. The van der Waals surface area contributed by atoms with Crippen LogP contribution in [-0.2, 0) is 21.2 Å². The molecule has 0 N–H and O–H groups in total. The van der Waals surface area contributed by atoms with Gasteiger partial charge in [-0.25, -0.2) is 22.2 Å². The van der Waals surface area contributed by atoms with Gasteiger partial charge in [0.25, 0.3) is 0 Å². The lowest BCUT2D eigenvalue weighted by Gasteiger charge is -2.28. The zero-order valence-electron chi connectivity index (χ0n) is 25.9. The first-order chi connectivity index (χ1) is 21.0. The van der Waals surface area contributed by atoms with E-state index in [0.29, 0.717) is 38.1 Å². The summed E-state index contributed by atoms with van der Waals surface area (Å²) in [5.74, 6) is -0.637. The highest BCUT2D eigenvalue weighted by molar-refractivity contribution is 7.98.